The Labute approximate surface area is 74.6 Å². The fourth-order valence-corrected chi connectivity index (χ4v) is 1.36. The van der Waals surface area contributed by atoms with E-state index in [9.17, 15) is 4.79 Å². The van der Waals surface area contributed by atoms with Gasteiger partial charge in [-0.1, -0.05) is 0 Å². The third-order valence-electron chi connectivity index (χ3n) is 2.14. The van der Waals surface area contributed by atoms with Crippen molar-refractivity contribution >= 4 is 12.6 Å². The SMILES string of the molecule is O=c1[nH]cnc(C2CC2)c1B(O)O. The van der Waals surface area contributed by atoms with Crippen molar-refractivity contribution in [3.63, 3.8) is 0 Å². The molecule has 1 heterocycles. The predicted molar refractivity (Wildman–Crippen MR) is 46.7 cm³/mol. The monoisotopic (exact) mass is 180 g/mol. The molecular weight excluding hydrogens is 171 g/mol. The highest BCUT2D eigenvalue weighted by molar-refractivity contribution is 6.58. The molecule has 3 N–H and O–H groups in total. The molecule has 1 saturated carbocycles. The number of hydrogen-bond acceptors (Lipinski definition) is 4. The van der Waals surface area contributed by atoms with Crippen LogP contribution in [0.2, 0.25) is 0 Å². The van der Waals surface area contributed by atoms with Gasteiger partial charge in [-0.3, -0.25) is 4.79 Å². The van der Waals surface area contributed by atoms with Crippen LogP contribution in [0.5, 0.6) is 0 Å². The normalized spacial score (nSPS) is 15.8. The topological polar surface area (TPSA) is 86.2 Å². The molecule has 0 atom stereocenters. The highest BCUT2D eigenvalue weighted by Gasteiger charge is 2.32. The molecule has 6 heteroatoms. The van der Waals surface area contributed by atoms with Gasteiger partial charge in [-0.2, -0.15) is 0 Å². The summed E-state index contributed by atoms with van der Waals surface area (Å²) in [7, 11) is -1.73. The molecular formula is C7H9BN2O3. The van der Waals surface area contributed by atoms with E-state index < -0.39 is 12.7 Å². The third-order valence-corrected chi connectivity index (χ3v) is 2.14. The Morgan fingerprint density at radius 3 is 2.77 bits per heavy atom. The fraction of sp³-hybridized carbons (Fsp3) is 0.429. The van der Waals surface area contributed by atoms with E-state index in [0.717, 1.165) is 12.8 Å². The average molecular weight is 180 g/mol. The van der Waals surface area contributed by atoms with E-state index in [1.807, 2.05) is 0 Å². The molecule has 1 aliphatic carbocycles. The van der Waals surface area contributed by atoms with Crippen molar-refractivity contribution in [3.05, 3.63) is 22.4 Å². The second-order valence-electron chi connectivity index (χ2n) is 3.18. The molecule has 1 aromatic rings. The van der Waals surface area contributed by atoms with E-state index in [1.165, 1.54) is 6.33 Å². The van der Waals surface area contributed by atoms with E-state index in [1.54, 1.807) is 0 Å². The van der Waals surface area contributed by atoms with Gasteiger partial charge in [0.1, 0.15) is 0 Å². The van der Waals surface area contributed by atoms with E-state index in [2.05, 4.69) is 9.97 Å². The lowest BCUT2D eigenvalue weighted by Crippen LogP contribution is -2.45. The molecule has 0 aromatic carbocycles. The van der Waals surface area contributed by atoms with Crippen LogP contribution in [-0.2, 0) is 0 Å². The van der Waals surface area contributed by atoms with Crippen molar-refractivity contribution in [3.8, 4) is 0 Å². The van der Waals surface area contributed by atoms with Crippen LogP contribution in [0.15, 0.2) is 11.1 Å². The Morgan fingerprint density at radius 2 is 2.23 bits per heavy atom. The van der Waals surface area contributed by atoms with E-state index in [4.69, 9.17) is 10.0 Å². The van der Waals surface area contributed by atoms with Gasteiger partial charge in [0.15, 0.2) is 0 Å². The number of aromatic nitrogens is 2. The average Bonchev–Trinajstić information content (AvgIpc) is 2.85. The van der Waals surface area contributed by atoms with Gasteiger partial charge in [-0.25, -0.2) is 4.98 Å². The van der Waals surface area contributed by atoms with Gasteiger partial charge in [-0.15, -0.1) is 0 Å². The minimum atomic E-state index is -1.73. The van der Waals surface area contributed by atoms with Crippen LogP contribution in [0.25, 0.3) is 0 Å². The molecule has 1 fully saturated rings. The number of H-pyrrole nitrogens is 1. The lowest BCUT2D eigenvalue weighted by Gasteiger charge is -2.03. The van der Waals surface area contributed by atoms with Crippen LogP contribution in [0.3, 0.4) is 0 Å². The largest absolute Gasteiger partial charge is 0.496 e. The standard InChI is InChI=1S/C7H9BN2O3/c11-7-5(8(12)13)6(4-1-2-4)9-3-10-7/h3-4,12-13H,1-2H2,(H,9,10,11). The molecule has 68 valence electrons. The maximum atomic E-state index is 11.2. The lowest BCUT2D eigenvalue weighted by molar-refractivity contribution is 0.424. The summed E-state index contributed by atoms with van der Waals surface area (Å²) in [5.74, 6) is 0.235. The summed E-state index contributed by atoms with van der Waals surface area (Å²) in [6.45, 7) is 0. The maximum Gasteiger partial charge on any atom is 0.496 e. The first-order valence-electron chi connectivity index (χ1n) is 4.13. The molecule has 0 aliphatic heterocycles. The Morgan fingerprint density at radius 1 is 1.54 bits per heavy atom. The van der Waals surface area contributed by atoms with Crippen molar-refractivity contribution in [2.45, 2.75) is 18.8 Å². The summed E-state index contributed by atoms with van der Waals surface area (Å²) in [5.41, 5.74) is 0.0515. The first-order chi connectivity index (χ1) is 6.20. The molecule has 13 heavy (non-hydrogen) atoms. The highest BCUT2D eigenvalue weighted by atomic mass is 16.4. The zero-order valence-electron chi connectivity index (χ0n) is 6.90. The summed E-state index contributed by atoms with van der Waals surface area (Å²) < 4.78 is 0. The van der Waals surface area contributed by atoms with Crippen molar-refractivity contribution in [1.29, 1.82) is 0 Å². The Balaban J connectivity index is 2.53. The third kappa shape index (κ3) is 1.50. The first-order valence-corrected chi connectivity index (χ1v) is 4.13. The number of rotatable bonds is 2. The number of nitrogens with one attached hydrogen (secondary N) is 1. The smallest absolute Gasteiger partial charge is 0.423 e. The highest BCUT2D eigenvalue weighted by Crippen LogP contribution is 2.37. The van der Waals surface area contributed by atoms with E-state index in [-0.39, 0.29) is 11.4 Å². The number of nitrogens with zero attached hydrogens (tertiary/aromatic N) is 1. The van der Waals surface area contributed by atoms with Crippen LogP contribution in [0.4, 0.5) is 0 Å². The molecule has 0 amide bonds. The fourth-order valence-electron chi connectivity index (χ4n) is 1.36. The van der Waals surface area contributed by atoms with Crippen LogP contribution in [0, 0.1) is 0 Å². The minimum absolute atomic E-state index is 0.00926. The second-order valence-corrected chi connectivity index (χ2v) is 3.18. The summed E-state index contributed by atoms with van der Waals surface area (Å²) in [4.78, 5) is 17.5. The summed E-state index contributed by atoms with van der Waals surface area (Å²) in [6.07, 6.45) is 3.23. The van der Waals surface area contributed by atoms with Gasteiger partial charge >= 0.3 is 7.12 Å². The number of aromatic amines is 1. The predicted octanol–water partition coefficient (Wildman–Crippen LogP) is -1.67. The second kappa shape index (κ2) is 2.97. The molecule has 0 radical (unpaired) electrons. The molecule has 1 aromatic heterocycles. The summed E-state index contributed by atoms with van der Waals surface area (Å²) in [5, 5.41) is 17.9. The quantitative estimate of drug-likeness (QED) is 0.474. The van der Waals surface area contributed by atoms with Crippen molar-refractivity contribution < 1.29 is 10.0 Å². The van der Waals surface area contributed by atoms with Crippen molar-refractivity contribution in [2.75, 3.05) is 0 Å². The number of hydrogen-bond donors (Lipinski definition) is 3. The molecule has 2 rings (SSSR count). The van der Waals surface area contributed by atoms with Crippen LogP contribution >= 0.6 is 0 Å². The van der Waals surface area contributed by atoms with Crippen molar-refractivity contribution in [2.24, 2.45) is 0 Å². The van der Waals surface area contributed by atoms with Crippen LogP contribution in [0.1, 0.15) is 24.5 Å². The Bertz CT molecular complexity index is 372. The zero-order valence-corrected chi connectivity index (χ0v) is 6.90. The van der Waals surface area contributed by atoms with Crippen LogP contribution < -0.4 is 11.0 Å². The lowest BCUT2D eigenvalue weighted by atomic mass is 9.79. The van der Waals surface area contributed by atoms with Gasteiger partial charge in [-0.05, 0) is 12.8 Å². The molecule has 0 saturated heterocycles. The van der Waals surface area contributed by atoms with Gasteiger partial charge in [0.25, 0.3) is 5.56 Å². The van der Waals surface area contributed by atoms with Crippen molar-refractivity contribution in [1.82, 2.24) is 9.97 Å². The Hall–Kier alpha value is -1.14. The first kappa shape index (κ1) is 8.46. The molecule has 0 unspecified atom stereocenters. The molecule has 0 bridgehead atoms. The maximum absolute atomic E-state index is 11.2. The van der Waals surface area contributed by atoms with Gasteiger partial charge in [0.2, 0.25) is 0 Å². The van der Waals surface area contributed by atoms with Gasteiger partial charge in [0, 0.05) is 5.92 Å². The summed E-state index contributed by atoms with van der Waals surface area (Å²) in [6, 6.07) is 0. The molecule has 5 nitrogen and oxygen atoms in total. The summed E-state index contributed by atoms with van der Waals surface area (Å²) >= 11 is 0. The van der Waals surface area contributed by atoms with E-state index in [0.29, 0.717) is 5.69 Å². The zero-order chi connectivity index (χ0) is 9.42. The minimum Gasteiger partial charge on any atom is -0.423 e. The van der Waals surface area contributed by atoms with E-state index >= 15 is 0 Å². The Kier molecular flexibility index (Phi) is 1.93. The van der Waals surface area contributed by atoms with Gasteiger partial charge in [0.05, 0.1) is 17.5 Å². The molecule has 1 aliphatic rings. The molecule has 0 spiro atoms. The van der Waals surface area contributed by atoms with Gasteiger partial charge < -0.3 is 15.0 Å². The van der Waals surface area contributed by atoms with Crippen LogP contribution in [-0.4, -0.2) is 27.1 Å².